The number of carbonyl (C=O) groups is 2. The van der Waals surface area contributed by atoms with Crippen LogP contribution >= 0.6 is 7.82 Å². The molecule has 0 aliphatic rings. The number of esters is 1. The maximum Gasteiger partial charge on any atom is 0.306 e. The van der Waals surface area contributed by atoms with Crippen LogP contribution in [-0.2, 0) is 27.9 Å². The molecule has 0 fully saturated rings. The van der Waals surface area contributed by atoms with Gasteiger partial charge in [-0.1, -0.05) is 227 Å². The number of rotatable bonds is 51. The summed E-state index contributed by atoms with van der Waals surface area (Å²) in [6.45, 7) is 6.55. The van der Waals surface area contributed by atoms with Gasteiger partial charge < -0.3 is 28.5 Å². The molecule has 0 aromatic carbocycles. The smallest absolute Gasteiger partial charge is 0.306 e. The second-order valence-corrected chi connectivity index (χ2v) is 21.9. The van der Waals surface area contributed by atoms with E-state index in [1.165, 1.54) is 77.0 Å². The summed E-state index contributed by atoms with van der Waals surface area (Å²) in [6, 6.07) is -0.917. The average Bonchev–Trinajstić information content (AvgIpc) is 3.35. The standard InChI is InChI=1S/C63H109N2O7P/c1-7-10-13-16-19-22-25-28-30-31-32-33-35-37-40-43-46-49-52-55-62(66)64-60(59-71-73(68,69)70-58-57-65(4,5)6)61(54-51-48-45-42-39-36-27-24-21-18-15-12-9-3)72-63(67)56-53-50-47-44-41-38-34-29-26-23-20-17-14-11-8-2/h10-11,13-14,17,19-20,22-23,26,28,30,32-33,37,40,51,54,60-61H,7-9,12,15-16,18,21,24-25,27,29,31,34-36,38-39,41-50,52-53,55-59H2,1-6H3,(H-,64,66,68,69)/b13-10-,14-11+,20-17+,22-19-,26-23+,30-28-,33-32-,40-37-,54-51-. The molecule has 0 aromatic rings. The van der Waals surface area contributed by atoms with Crippen molar-refractivity contribution in [1.82, 2.24) is 5.32 Å². The Morgan fingerprint density at radius 2 is 0.945 bits per heavy atom. The second kappa shape index (κ2) is 52.1. The molecule has 0 aliphatic carbocycles. The summed E-state index contributed by atoms with van der Waals surface area (Å²) in [7, 11) is 1.14. The van der Waals surface area contributed by atoms with Crippen molar-refractivity contribution in [3.63, 3.8) is 0 Å². The van der Waals surface area contributed by atoms with E-state index in [-0.39, 0.29) is 31.3 Å². The van der Waals surface area contributed by atoms with E-state index in [2.05, 4.69) is 123 Å². The van der Waals surface area contributed by atoms with Crippen molar-refractivity contribution in [2.45, 2.75) is 238 Å². The minimum absolute atomic E-state index is 0.0369. The monoisotopic (exact) mass is 1040 g/mol. The molecule has 0 heterocycles. The third kappa shape index (κ3) is 53.3. The quantitative estimate of drug-likeness (QED) is 0.0161. The second-order valence-electron chi connectivity index (χ2n) is 20.4. The lowest BCUT2D eigenvalue weighted by atomic mass is 10.0. The molecule has 418 valence electrons. The van der Waals surface area contributed by atoms with Gasteiger partial charge in [0.15, 0.2) is 0 Å². The zero-order chi connectivity index (χ0) is 53.6. The lowest BCUT2D eigenvalue weighted by Crippen LogP contribution is -2.47. The van der Waals surface area contributed by atoms with E-state index >= 15 is 0 Å². The van der Waals surface area contributed by atoms with Crippen molar-refractivity contribution >= 4 is 19.7 Å². The zero-order valence-corrected chi connectivity index (χ0v) is 48.4. The summed E-state index contributed by atoms with van der Waals surface area (Å²) in [5.41, 5.74) is 0. The van der Waals surface area contributed by atoms with Gasteiger partial charge in [-0.05, 0) is 96.0 Å². The van der Waals surface area contributed by atoms with Crippen molar-refractivity contribution in [1.29, 1.82) is 0 Å². The normalized spacial score (nSPS) is 14.6. The van der Waals surface area contributed by atoms with Crippen molar-refractivity contribution < 1.29 is 37.3 Å². The van der Waals surface area contributed by atoms with E-state index in [1.54, 1.807) is 0 Å². The third-order valence-corrected chi connectivity index (χ3v) is 13.2. The van der Waals surface area contributed by atoms with Crippen LogP contribution < -0.4 is 10.2 Å². The molecule has 1 N–H and O–H groups in total. The summed E-state index contributed by atoms with van der Waals surface area (Å²) in [5, 5.41) is 3.00. The lowest BCUT2D eigenvalue weighted by molar-refractivity contribution is -0.870. The Labute approximate surface area is 449 Å². The predicted octanol–water partition coefficient (Wildman–Crippen LogP) is 17.1. The fourth-order valence-electron chi connectivity index (χ4n) is 7.78. The highest BCUT2D eigenvalue weighted by atomic mass is 31.2. The van der Waals surface area contributed by atoms with Gasteiger partial charge >= 0.3 is 5.97 Å². The number of quaternary nitrogens is 1. The number of hydrogen-bond acceptors (Lipinski definition) is 7. The number of hydrogen-bond donors (Lipinski definition) is 1. The largest absolute Gasteiger partial charge is 0.756 e. The van der Waals surface area contributed by atoms with Crippen LogP contribution in [0.25, 0.3) is 0 Å². The summed E-state index contributed by atoms with van der Waals surface area (Å²) in [5.74, 6) is -0.600. The van der Waals surface area contributed by atoms with E-state index < -0.39 is 26.6 Å². The van der Waals surface area contributed by atoms with Crippen LogP contribution in [0, 0.1) is 0 Å². The fourth-order valence-corrected chi connectivity index (χ4v) is 8.51. The number of phosphoric acid groups is 1. The van der Waals surface area contributed by atoms with Crippen LogP contribution in [0.15, 0.2) is 109 Å². The first-order chi connectivity index (χ1) is 35.4. The first kappa shape index (κ1) is 69.7. The first-order valence-corrected chi connectivity index (χ1v) is 30.7. The number of carbonyl (C=O) groups excluding carboxylic acids is 2. The van der Waals surface area contributed by atoms with E-state index in [4.69, 9.17) is 13.8 Å². The molecule has 0 aromatic heterocycles. The summed E-state index contributed by atoms with van der Waals surface area (Å²) >= 11 is 0. The minimum atomic E-state index is -4.72. The van der Waals surface area contributed by atoms with Gasteiger partial charge in [-0.3, -0.25) is 14.2 Å². The maximum atomic E-state index is 13.5. The van der Waals surface area contributed by atoms with Crippen molar-refractivity contribution in [2.24, 2.45) is 0 Å². The van der Waals surface area contributed by atoms with Gasteiger partial charge in [0.05, 0.1) is 33.8 Å². The van der Waals surface area contributed by atoms with Crippen LogP contribution in [0.3, 0.4) is 0 Å². The van der Waals surface area contributed by atoms with Gasteiger partial charge in [-0.15, -0.1) is 0 Å². The molecular formula is C63H109N2O7P. The van der Waals surface area contributed by atoms with E-state index in [9.17, 15) is 19.0 Å². The van der Waals surface area contributed by atoms with Gasteiger partial charge in [0.2, 0.25) is 5.91 Å². The molecule has 0 rings (SSSR count). The maximum absolute atomic E-state index is 13.5. The first-order valence-electron chi connectivity index (χ1n) is 29.2. The molecule has 73 heavy (non-hydrogen) atoms. The summed E-state index contributed by atoms with van der Waals surface area (Å²) < 4.78 is 30.2. The summed E-state index contributed by atoms with van der Waals surface area (Å²) in [6.07, 6.45) is 70.5. The number of amides is 1. The molecule has 1 amide bonds. The number of ether oxygens (including phenoxy) is 1. The van der Waals surface area contributed by atoms with Gasteiger partial charge in [0.1, 0.15) is 19.3 Å². The molecule has 3 unspecified atom stereocenters. The van der Waals surface area contributed by atoms with E-state index in [1.807, 2.05) is 33.3 Å². The fraction of sp³-hybridized carbons (Fsp3) is 0.683. The van der Waals surface area contributed by atoms with Gasteiger partial charge in [0, 0.05) is 12.8 Å². The molecule has 0 bridgehead atoms. The highest BCUT2D eigenvalue weighted by Crippen LogP contribution is 2.38. The van der Waals surface area contributed by atoms with Crippen LogP contribution in [0.1, 0.15) is 226 Å². The molecule has 0 aliphatic heterocycles. The summed E-state index contributed by atoms with van der Waals surface area (Å²) in [4.78, 5) is 39.9. The topological polar surface area (TPSA) is 114 Å². The number of nitrogens with one attached hydrogen (secondary N) is 1. The predicted molar refractivity (Wildman–Crippen MR) is 311 cm³/mol. The van der Waals surface area contributed by atoms with E-state index in [0.29, 0.717) is 23.9 Å². The molecule has 0 radical (unpaired) electrons. The molecule has 0 saturated carbocycles. The number of likely N-dealkylation sites (N-methyl/N-ethyl adjacent to an activating group) is 1. The highest BCUT2D eigenvalue weighted by Gasteiger charge is 2.27. The Morgan fingerprint density at radius 3 is 1.48 bits per heavy atom. The third-order valence-electron chi connectivity index (χ3n) is 12.3. The van der Waals surface area contributed by atoms with Crippen molar-refractivity contribution in [3.05, 3.63) is 109 Å². The van der Waals surface area contributed by atoms with Crippen LogP contribution in [-0.4, -0.2) is 69.4 Å². The number of allylic oxidation sites excluding steroid dienone is 17. The number of nitrogens with zero attached hydrogens (tertiary/aromatic N) is 1. The Kier molecular flexibility index (Phi) is 49.7. The molecule has 0 saturated heterocycles. The molecule has 9 nitrogen and oxygen atoms in total. The minimum Gasteiger partial charge on any atom is -0.756 e. The molecule has 0 spiro atoms. The molecule has 10 heteroatoms. The average molecular weight is 1040 g/mol. The van der Waals surface area contributed by atoms with Crippen LogP contribution in [0.2, 0.25) is 0 Å². The molecule has 3 atom stereocenters. The Balaban J connectivity index is 5.44. The Bertz CT molecular complexity index is 1620. The van der Waals surface area contributed by atoms with Crippen LogP contribution in [0.4, 0.5) is 0 Å². The van der Waals surface area contributed by atoms with Crippen molar-refractivity contribution in [2.75, 3.05) is 40.9 Å². The number of unbranched alkanes of at least 4 members (excludes halogenated alkanes) is 21. The van der Waals surface area contributed by atoms with Gasteiger partial charge in [0.25, 0.3) is 7.82 Å². The number of phosphoric ester groups is 1. The molecular weight excluding hydrogens is 928 g/mol. The van der Waals surface area contributed by atoms with Gasteiger partial charge in [-0.2, -0.15) is 0 Å². The van der Waals surface area contributed by atoms with Crippen molar-refractivity contribution in [3.8, 4) is 0 Å². The highest BCUT2D eigenvalue weighted by molar-refractivity contribution is 7.45. The Morgan fingerprint density at radius 1 is 0.507 bits per heavy atom. The SMILES string of the molecule is CC/C=C\C/C=C\C/C=C\C/C=C\C/C=C\CCCCCC(=O)NC(COP(=O)([O-])OCC[N+](C)(C)C)C(/C=C\CCCCCCCCCCCCC)OC(=O)CCCCCCCCC/C=C/C=C/C=C/CC. The van der Waals surface area contributed by atoms with E-state index in [0.717, 1.165) is 103 Å². The van der Waals surface area contributed by atoms with Crippen LogP contribution in [0.5, 0.6) is 0 Å². The zero-order valence-electron chi connectivity index (χ0n) is 47.5. The van der Waals surface area contributed by atoms with Gasteiger partial charge in [-0.25, -0.2) is 0 Å². The Hall–Kier alpha value is -3.33. The lowest BCUT2D eigenvalue weighted by Gasteiger charge is -2.30.